The van der Waals surface area contributed by atoms with Crippen LogP contribution in [0.4, 0.5) is 0 Å². The maximum absolute atomic E-state index is 13.9. The van der Waals surface area contributed by atoms with E-state index in [4.69, 9.17) is 21.1 Å². The van der Waals surface area contributed by atoms with Crippen LogP contribution >= 0.6 is 11.6 Å². The highest BCUT2D eigenvalue weighted by atomic mass is 35.5. The molecular weight excluding hydrogens is 524 g/mol. The van der Waals surface area contributed by atoms with Gasteiger partial charge in [0.25, 0.3) is 0 Å². The molecule has 0 bridgehead atoms. The number of carbonyl (C=O) groups excluding carboxylic acids is 2. The summed E-state index contributed by atoms with van der Waals surface area (Å²) < 4.78 is 11.5. The van der Waals surface area contributed by atoms with Crippen LogP contribution in [-0.2, 0) is 29.0 Å². The molecule has 0 saturated carbocycles. The molecule has 0 fully saturated rings. The minimum absolute atomic E-state index is 0.105. The number of benzene rings is 3. The number of carbonyl (C=O) groups is 2. The molecule has 0 saturated heterocycles. The molecular formula is C33H41ClN2O4. The average Bonchev–Trinajstić information content (AvgIpc) is 2.91. The van der Waals surface area contributed by atoms with Crippen LogP contribution < -0.4 is 14.8 Å². The third-order valence-electron chi connectivity index (χ3n) is 6.27. The van der Waals surface area contributed by atoms with Gasteiger partial charge in [0.1, 0.15) is 6.04 Å². The van der Waals surface area contributed by atoms with E-state index in [9.17, 15) is 9.59 Å². The molecule has 0 aliphatic rings. The summed E-state index contributed by atoms with van der Waals surface area (Å²) in [7, 11) is 0. The van der Waals surface area contributed by atoms with E-state index < -0.39 is 11.6 Å². The summed E-state index contributed by atoms with van der Waals surface area (Å²) in [4.78, 5) is 29.3. The Labute approximate surface area is 243 Å². The Morgan fingerprint density at radius 2 is 1.48 bits per heavy atom. The predicted octanol–water partition coefficient (Wildman–Crippen LogP) is 6.62. The molecule has 0 spiro atoms. The topological polar surface area (TPSA) is 67.9 Å². The molecule has 3 rings (SSSR count). The molecule has 40 heavy (non-hydrogen) atoms. The van der Waals surface area contributed by atoms with E-state index >= 15 is 0 Å². The summed E-state index contributed by atoms with van der Waals surface area (Å²) >= 11 is 6.12. The molecule has 0 aliphatic carbocycles. The van der Waals surface area contributed by atoms with Gasteiger partial charge in [-0.25, -0.2) is 0 Å². The Morgan fingerprint density at radius 1 is 0.850 bits per heavy atom. The number of amides is 2. The van der Waals surface area contributed by atoms with E-state index in [0.29, 0.717) is 49.1 Å². The van der Waals surface area contributed by atoms with Crippen molar-refractivity contribution in [3.05, 3.63) is 94.5 Å². The Hall–Kier alpha value is -3.51. The largest absolute Gasteiger partial charge is 0.490 e. The molecule has 1 N–H and O–H groups in total. The lowest BCUT2D eigenvalue weighted by molar-refractivity contribution is -0.141. The second-order valence-corrected chi connectivity index (χ2v) is 11.2. The zero-order valence-electron chi connectivity index (χ0n) is 24.2. The number of nitrogens with one attached hydrogen (secondary N) is 1. The maximum atomic E-state index is 13.9. The summed E-state index contributed by atoms with van der Waals surface area (Å²) in [6, 6.07) is 22.3. The minimum Gasteiger partial charge on any atom is -0.490 e. The van der Waals surface area contributed by atoms with E-state index in [1.807, 2.05) is 95.3 Å². The number of hydrogen-bond acceptors (Lipinski definition) is 4. The van der Waals surface area contributed by atoms with Crippen molar-refractivity contribution in [3.8, 4) is 11.5 Å². The quantitative estimate of drug-likeness (QED) is 0.253. The second-order valence-electron chi connectivity index (χ2n) is 10.7. The third-order valence-corrected chi connectivity index (χ3v) is 6.52. The zero-order chi connectivity index (χ0) is 29.1. The number of aryl methyl sites for hydroxylation is 1. The van der Waals surface area contributed by atoms with E-state index in [2.05, 4.69) is 5.32 Å². The lowest BCUT2D eigenvalue weighted by Gasteiger charge is -2.34. The fourth-order valence-corrected chi connectivity index (χ4v) is 4.57. The van der Waals surface area contributed by atoms with Gasteiger partial charge in [0, 0.05) is 29.9 Å². The van der Waals surface area contributed by atoms with Crippen molar-refractivity contribution in [2.45, 2.75) is 72.0 Å². The van der Waals surface area contributed by atoms with Gasteiger partial charge in [0.2, 0.25) is 11.8 Å². The van der Waals surface area contributed by atoms with Gasteiger partial charge in [-0.2, -0.15) is 0 Å². The number of halogens is 1. The molecule has 0 heterocycles. The molecule has 1 atom stereocenters. The van der Waals surface area contributed by atoms with E-state index in [-0.39, 0.29) is 18.2 Å². The van der Waals surface area contributed by atoms with E-state index in [1.54, 1.807) is 17.0 Å². The molecule has 0 aromatic heterocycles. The summed E-state index contributed by atoms with van der Waals surface area (Å²) in [6.45, 7) is 11.0. The smallest absolute Gasteiger partial charge is 0.243 e. The van der Waals surface area contributed by atoms with Gasteiger partial charge in [0.15, 0.2) is 11.5 Å². The standard InChI is InChI=1S/C33H41ClN2O4/c1-6-39-29-19-15-25(22-30(29)40-7-2)16-20-31(37)36(23-26-13-17-27(34)18-14-26)28(32(38)35-33(3,4)5)21-24-11-9-8-10-12-24/h8-15,17-19,22,28H,6-7,16,20-21,23H2,1-5H3,(H,35,38)/t28-/m1/s1. The second kappa shape index (κ2) is 14.8. The van der Waals surface area contributed by atoms with Crippen LogP contribution in [0.1, 0.15) is 57.7 Å². The highest BCUT2D eigenvalue weighted by Gasteiger charge is 2.32. The first-order chi connectivity index (χ1) is 19.1. The zero-order valence-corrected chi connectivity index (χ0v) is 25.0. The fourth-order valence-electron chi connectivity index (χ4n) is 4.44. The maximum Gasteiger partial charge on any atom is 0.243 e. The predicted molar refractivity (Wildman–Crippen MR) is 161 cm³/mol. The van der Waals surface area contributed by atoms with Gasteiger partial charge >= 0.3 is 0 Å². The van der Waals surface area contributed by atoms with Crippen molar-refractivity contribution in [2.75, 3.05) is 13.2 Å². The first-order valence-corrected chi connectivity index (χ1v) is 14.3. The van der Waals surface area contributed by atoms with Crippen molar-refractivity contribution < 1.29 is 19.1 Å². The van der Waals surface area contributed by atoms with Crippen LogP contribution in [0.5, 0.6) is 11.5 Å². The van der Waals surface area contributed by atoms with Crippen LogP contribution in [0.2, 0.25) is 5.02 Å². The SMILES string of the molecule is CCOc1ccc(CCC(=O)N(Cc2ccc(Cl)cc2)[C@H](Cc2ccccc2)C(=O)NC(C)(C)C)cc1OCC. The fraction of sp³-hybridized carbons (Fsp3) is 0.394. The summed E-state index contributed by atoms with van der Waals surface area (Å²) in [5.74, 6) is 1.06. The van der Waals surface area contributed by atoms with Gasteiger partial charge in [0.05, 0.1) is 13.2 Å². The Kier molecular flexibility index (Phi) is 11.4. The van der Waals surface area contributed by atoms with Crippen molar-refractivity contribution in [1.82, 2.24) is 10.2 Å². The monoisotopic (exact) mass is 564 g/mol. The molecule has 214 valence electrons. The van der Waals surface area contributed by atoms with Crippen LogP contribution in [0.25, 0.3) is 0 Å². The normalized spacial score (nSPS) is 11.9. The molecule has 7 heteroatoms. The number of rotatable bonds is 13. The van der Waals surface area contributed by atoms with Gasteiger partial charge in [-0.05, 0) is 82.0 Å². The molecule has 0 unspecified atom stereocenters. The minimum atomic E-state index is -0.691. The lowest BCUT2D eigenvalue weighted by Crippen LogP contribution is -2.54. The molecule has 6 nitrogen and oxygen atoms in total. The van der Waals surface area contributed by atoms with Gasteiger partial charge < -0.3 is 19.7 Å². The summed E-state index contributed by atoms with van der Waals surface area (Å²) in [6.07, 6.45) is 1.14. The average molecular weight is 565 g/mol. The van der Waals surface area contributed by atoms with Crippen LogP contribution in [0.3, 0.4) is 0 Å². The molecule has 0 aliphatic heterocycles. The number of hydrogen-bond donors (Lipinski definition) is 1. The first kappa shape index (κ1) is 31.0. The van der Waals surface area contributed by atoms with Crippen molar-refractivity contribution in [1.29, 1.82) is 0 Å². The Morgan fingerprint density at radius 3 is 2.10 bits per heavy atom. The summed E-state index contributed by atoms with van der Waals surface area (Å²) in [5, 5.41) is 3.72. The van der Waals surface area contributed by atoms with Crippen LogP contribution in [0.15, 0.2) is 72.8 Å². The molecule has 3 aromatic rings. The highest BCUT2D eigenvalue weighted by molar-refractivity contribution is 6.30. The highest BCUT2D eigenvalue weighted by Crippen LogP contribution is 2.29. The lowest BCUT2D eigenvalue weighted by atomic mass is 9.99. The number of ether oxygens (including phenoxy) is 2. The van der Waals surface area contributed by atoms with E-state index in [1.165, 1.54) is 0 Å². The van der Waals surface area contributed by atoms with Crippen molar-refractivity contribution in [3.63, 3.8) is 0 Å². The molecule has 3 aromatic carbocycles. The van der Waals surface area contributed by atoms with E-state index in [0.717, 1.165) is 16.7 Å². The molecule has 0 radical (unpaired) electrons. The third kappa shape index (κ3) is 9.60. The van der Waals surface area contributed by atoms with Gasteiger partial charge in [-0.1, -0.05) is 60.1 Å². The number of nitrogens with zero attached hydrogens (tertiary/aromatic N) is 1. The summed E-state index contributed by atoms with van der Waals surface area (Å²) in [5.41, 5.74) is 2.40. The van der Waals surface area contributed by atoms with Gasteiger partial charge in [-0.15, -0.1) is 0 Å². The van der Waals surface area contributed by atoms with Gasteiger partial charge in [-0.3, -0.25) is 9.59 Å². The van der Waals surface area contributed by atoms with Crippen LogP contribution in [0, 0.1) is 0 Å². The first-order valence-electron chi connectivity index (χ1n) is 13.9. The Balaban J connectivity index is 1.91. The Bertz CT molecular complexity index is 1240. The van der Waals surface area contributed by atoms with Crippen molar-refractivity contribution in [2.24, 2.45) is 0 Å². The van der Waals surface area contributed by atoms with Crippen LogP contribution in [-0.4, -0.2) is 41.5 Å². The molecule has 2 amide bonds. The van der Waals surface area contributed by atoms with Crippen molar-refractivity contribution >= 4 is 23.4 Å².